The lowest BCUT2D eigenvalue weighted by Crippen LogP contribution is -2.00. The summed E-state index contributed by atoms with van der Waals surface area (Å²) in [7, 11) is 0. The maximum absolute atomic E-state index is 2.52. The van der Waals surface area contributed by atoms with Gasteiger partial charge in [0.25, 0.3) is 0 Å². The standard InChI is InChI=1S/C26H27N/c1-4-5-16-27-20(3)19(2)26-24(22-14-10-7-11-15-22)17-23(18-25(26)27)21-12-8-6-9-13-21/h6-15,17-18H,4-5,16H2,1-3H3. The largest absolute Gasteiger partial charge is 0.345 e. The fraction of sp³-hybridized carbons (Fsp3) is 0.231. The Morgan fingerprint density at radius 2 is 1.37 bits per heavy atom. The number of aryl methyl sites for hydroxylation is 2. The van der Waals surface area contributed by atoms with Crippen molar-refractivity contribution in [3.8, 4) is 22.3 Å². The van der Waals surface area contributed by atoms with Crippen LogP contribution in [0.3, 0.4) is 0 Å². The van der Waals surface area contributed by atoms with E-state index in [0.29, 0.717) is 0 Å². The van der Waals surface area contributed by atoms with Crippen LogP contribution < -0.4 is 0 Å². The third kappa shape index (κ3) is 3.19. The molecule has 4 rings (SSSR count). The van der Waals surface area contributed by atoms with Crippen LogP contribution in [0.2, 0.25) is 0 Å². The molecule has 0 amide bonds. The number of fused-ring (bicyclic) bond motifs is 1. The molecule has 0 aliphatic heterocycles. The van der Waals surface area contributed by atoms with Crippen molar-refractivity contribution in [2.45, 2.75) is 40.2 Å². The van der Waals surface area contributed by atoms with Gasteiger partial charge in [-0.25, -0.2) is 0 Å². The van der Waals surface area contributed by atoms with Crippen LogP contribution in [0.1, 0.15) is 31.0 Å². The molecule has 0 aliphatic rings. The molecule has 0 saturated carbocycles. The minimum Gasteiger partial charge on any atom is -0.345 e. The van der Waals surface area contributed by atoms with Gasteiger partial charge in [-0.1, -0.05) is 74.0 Å². The second-order valence-electron chi connectivity index (χ2n) is 7.37. The van der Waals surface area contributed by atoms with E-state index in [-0.39, 0.29) is 0 Å². The van der Waals surface area contributed by atoms with Crippen molar-refractivity contribution in [2.24, 2.45) is 0 Å². The molecule has 0 spiro atoms. The summed E-state index contributed by atoms with van der Waals surface area (Å²) in [6.45, 7) is 7.88. The smallest absolute Gasteiger partial charge is 0.0497 e. The number of benzene rings is 3. The highest BCUT2D eigenvalue weighted by Gasteiger charge is 2.17. The van der Waals surface area contributed by atoms with Crippen molar-refractivity contribution in [1.29, 1.82) is 0 Å². The van der Waals surface area contributed by atoms with E-state index in [9.17, 15) is 0 Å². The molecule has 27 heavy (non-hydrogen) atoms. The monoisotopic (exact) mass is 353 g/mol. The average molecular weight is 354 g/mol. The normalized spacial score (nSPS) is 11.2. The van der Waals surface area contributed by atoms with Crippen LogP contribution in [0.25, 0.3) is 33.2 Å². The van der Waals surface area contributed by atoms with Gasteiger partial charge in [0.15, 0.2) is 0 Å². The van der Waals surface area contributed by atoms with Crippen molar-refractivity contribution in [1.82, 2.24) is 4.57 Å². The van der Waals surface area contributed by atoms with Crippen LogP contribution in [-0.4, -0.2) is 4.57 Å². The molecule has 0 saturated heterocycles. The van der Waals surface area contributed by atoms with E-state index in [2.05, 4.69) is 98.1 Å². The van der Waals surface area contributed by atoms with Gasteiger partial charge in [0.1, 0.15) is 0 Å². The van der Waals surface area contributed by atoms with Crippen molar-refractivity contribution >= 4 is 10.9 Å². The van der Waals surface area contributed by atoms with Crippen LogP contribution in [-0.2, 0) is 6.54 Å². The summed E-state index contributed by atoms with van der Waals surface area (Å²) in [5, 5.41) is 1.40. The quantitative estimate of drug-likeness (QED) is 0.352. The maximum atomic E-state index is 2.52. The van der Waals surface area contributed by atoms with Gasteiger partial charge < -0.3 is 4.57 Å². The van der Waals surface area contributed by atoms with Crippen molar-refractivity contribution in [3.05, 3.63) is 84.1 Å². The Morgan fingerprint density at radius 3 is 2.00 bits per heavy atom. The van der Waals surface area contributed by atoms with Crippen molar-refractivity contribution in [3.63, 3.8) is 0 Å². The Kier molecular flexibility index (Phi) is 4.85. The summed E-state index contributed by atoms with van der Waals surface area (Å²) in [6.07, 6.45) is 2.42. The van der Waals surface area contributed by atoms with Crippen LogP contribution in [0, 0.1) is 13.8 Å². The number of aromatic nitrogens is 1. The molecule has 0 unspecified atom stereocenters. The number of hydrogen-bond donors (Lipinski definition) is 0. The molecule has 4 aromatic rings. The first kappa shape index (κ1) is 17.6. The summed E-state index contributed by atoms with van der Waals surface area (Å²) in [6, 6.07) is 26.3. The van der Waals surface area contributed by atoms with Gasteiger partial charge in [-0.15, -0.1) is 0 Å². The molecule has 0 aliphatic carbocycles. The Bertz CT molecular complexity index is 1060. The minimum atomic E-state index is 1.08. The predicted octanol–water partition coefficient (Wildman–Crippen LogP) is 7.39. The SMILES string of the molecule is CCCCn1c(C)c(C)c2c(-c3ccccc3)cc(-c3ccccc3)cc21. The summed E-state index contributed by atoms with van der Waals surface area (Å²) >= 11 is 0. The minimum absolute atomic E-state index is 1.08. The zero-order valence-electron chi connectivity index (χ0n) is 16.5. The van der Waals surface area contributed by atoms with Crippen LogP contribution >= 0.6 is 0 Å². The molecule has 1 nitrogen and oxygen atoms in total. The first-order chi connectivity index (χ1) is 13.2. The zero-order chi connectivity index (χ0) is 18.8. The number of nitrogens with zero attached hydrogens (tertiary/aromatic N) is 1. The summed E-state index contributed by atoms with van der Waals surface area (Å²) < 4.78 is 2.52. The van der Waals surface area contributed by atoms with E-state index in [0.717, 1.165) is 6.54 Å². The van der Waals surface area contributed by atoms with Crippen LogP contribution in [0.4, 0.5) is 0 Å². The molecule has 0 N–H and O–H groups in total. The van der Waals surface area contributed by atoms with Gasteiger partial charge in [0.05, 0.1) is 0 Å². The third-order valence-corrected chi connectivity index (χ3v) is 5.66. The highest BCUT2D eigenvalue weighted by atomic mass is 15.0. The molecule has 0 atom stereocenters. The van der Waals surface area contributed by atoms with E-state index >= 15 is 0 Å². The van der Waals surface area contributed by atoms with Gasteiger partial charge >= 0.3 is 0 Å². The Morgan fingerprint density at radius 1 is 0.741 bits per heavy atom. The maximum Gasteiger partial charge on any atom is 0.0497 e. The van der Waals surface area contributed by atoms with Gasteiger partial charge in [0.2, 0.25) is 0 Å². The van der Waals surface area contributed by atoms with E-state index in [1.807, 2.05) is 0 Å². The Hall–Kier alpha value is -2.80. The van der Waals surface area contributed by atoms with Crippen molar-refractivity contribution < 1.29 is 0 Å². The third-order valence-electron chi connectivity index (χ3n) is 5.66. The molecule has 0 fully saturated rings. The average Bonchev–Trinajstić information content (AvgIpc) is 2.97. The molecular weight excluding hydrogens is 326 g/mol. The van der Waals surface area contributed by atoms with Gasteiger partial charge in [-0.2, -0.15) is 0 Å². The zero-order valence-corrected chi connectivity index (χ0v) is 16.5. The topological polar surface area (TPSA) is 4.93 Å². The molecule has 0 bridgehead atoms. The molecule has 0 radical (unpaired) electrons. The second-order valence-corrected chi connectivity index (χ2v) is 7.37. The van der Waals surface area contributed by atoms with Gasteiger partial charge in [-0.05, 0) is 60.2 Å². The molecule has 1 heterocycles. The number of hydrogen-bond acceptors (Lipinski definition) is 0. The molecule has 1 heteroatoms. The Balaban J connectivity index is 2.05. The highest BCUT2D eigenvalue weighted by Crippen LogP contribution is 2.38. The number of unbranched alkanes of at least 4 members (excludes halogenated alkanes) is 1. The lowest BCUT2D eigenvalue weighted by atomic mass is 9.94. The number of rotatable bonds is 5. The van der Waals surface area contributed by atoms with Gasteiger partial charge in [-0.3, -0.25) is 0 Å². The summed E-state index contributed by atoms with van der Waals surface area (Å²) in [5.74, 6) is 0. The van der Waals surface area contributed by atoms with Crippen LogP contribution in [0.5, 0.6) is 0 Å². The lowest BCUT2D eigenvalue weighted by molar-refractivity contribution is 0.636. The van der Waals surface area contributed by atoms with E-state index in [1.165, 1.54) is 57.3 Å². The fourth-order valence-electron chi connectivity index (χ4n) is 4.04. The van der Waals surface area contributed by atoms with E-state index in [4.69, 9.17) is 0 Å². The second kappa shape index (κ2) is 7.44. The summed E-state index contributed by atoms with van der Waals surface area (Å²) in [5.41, 5.74) is 9.34. The van der Waals surface area contributed by atoms with Gasteiger partial charge in [0, 0.05) is 23.1 Å². The predicted molar refractivity (Wildman–Crippen MR) is 117 cm³/mol. The summed E-state index contributed by atoms with van der Waals surface area (Å²) in [4.78, 5) is 0. The molecular formula is C26H27N. The molecule has 3 aromatic carbocycles. The lowest BCUT2D eigenvalue weighted by Gasteiger charge is -2.12. The van der Waals surface area contributed by atoms with E-state index in [1.54, 1.807) is 0 Å². The first-order valence-electron chi connectivity index (χ1n) is 9.95. The molecule has 136 valence electrons. The van der Waals surface area contributed by atoms with E-state index < -0.39 is 0 Å². The highest BCUT2D eigenvalue weighted by molar-refractivity contribution is 6.01. The Labute approximate surface area is 162 Å². The molecule has 1 aromatic heterocycles. The first-order valence-corrected chi connectivity index (χ1v) is 9.95. The van der Waals surface area contributed by atoms with Crippen molar-refractivity contribution in [2.75, 3.05) is 0 Å². The van der Waals surface area contributed by atoms with Crippen LogP contribution in [0.15, 0.2) is 72.8 Å². The fourth-order valence-corrected chi connectivity index (χ4v) is 4.04.